The van der Waals surface area contributed by atoms with Crippen LogP contribution in [0.5, 0.6) is 0 Å². The van der Waals surface area contributed by atoms with E-state index in [1.54, 1.807) is 13.2 Å². The SMILES string of the molecule is COCCC(C)CC[PH]1=CC1/C=C/C=O. The first-order chi connectivity index (χ1) is 7.27. The summed E-state index contributed by atoms with van der Waals surface area (Å²) in [4.78, 5) is 10.1. The zero-order valence-corrected chi connectivity index (χ0v) is 10.6. The normalized spacial score (nSPS) is 26.3. The molecule has 15 heavy (non-hydrogen) atoms. The maximum atomic E-state index is 10.1. The van der Waals surface area contributed by atoms with Gasteiger partial charge < -0.3 is 4.74 Å². The molecule has 0 spiro atoms. The van der Waals surface area contributed by atoms with Gasteiger partial charge in [-0.15, -0.1) is 7.55 Å². The zero-order chi connectivity index (χ0) is 11.1. The maximum absolute atomic E-state index is 10.1. The zero-order valence-electron chi connectivity index (χ0n) is 9.61. The van der Waals surface area contributed by atoms with E-state index >= 15 is 0 Å². The summed E-state index contributed by atoms with van der Waals surface area (Å²) in [5, 5.41) is 0. The van der Waals surface area contributed by atoms with Crippen molar-refractivity contribution in [2.45, 2.75) is 25.4 Å². The lowest BCUT2D eigenvalue weighted by atomic mass is 10.1. The van der Waals surface area contributed by atoms with Crippen molar-refractivity contribution in [3.8, 4) is 0 Å². The third-order valence-electron chi connectivity index (χ3n) is 2.85. The Balaban J connectivity index is 2.04. The molecule has 0 saturated heterocycles. The predicted molar refractivity (Wildman–Crippen MR) is 68.5 cm³/mol. The number of carbonyl (C=O) groups is 1. The molecule has 0 bridgehead atoms. The average Bonchev–Trinajstić information content (AvgIpc) is 2.99. The van der Waals surface area contributed by atoms with Crippen molar-refractivity contribution in [1.82, 2.24) is 0 Å². The Bertz CT molecular complexity index is 258. The highest BCUT2D eigenvalue weighted by Crippen LogP contribution is 2.44. The molecule has 1 aliphatic heterocycles. The fourth-order valence-electron chi connectivity index (χ4n) is 1.65. The van der Waals surface area contributed by atoms with Crippen molar-refractivity contribution in [3.05, 3.63) is 12.2 Å². The fraction of sp³-hybridized carbons (Fsp3) is 0.667. The second-order valence-corrected chi connectivity index (χ2v) is 6.86. The van der Waals surface area contributed by atoms with Gasteiger partial charge in [0.15, 0.2) is 0 Å². The van der Waals surface area contributed by atoms with Crippen LogP contribution in [0.15, 0.2) is 12.2 Å². The third-order valence-corrected chi connectivity index (χ3v) is 5.33. The van der Waals surface area contributed by atoms with Gasteiger partial charge >= 0.3 is 0 Å². The molecule has 86 valence electrons. The van der Waals surface area contributed by atoms with E-state index in [0.717, 1.165) is 18.8 Å². The van der Waals surface area contributed by atoms with E-state index in [1.807, 2.05) is 6.08 Å². The van der Waals surface area contributed by atoms with E-state index in [4.69, 9.17) is 4.74 Å². The fourth-order valence-corrected chi connectivity index (χ4v) is 4.17. The Morgan fingerprint density at radius 2 is 2.33 bits per heavy atom. The van der Waals surface area contributed by atoms with E-state index in [-0.39, 0.29) is 7.55 Å². The molecule has 0 radical (unpaired) electrons. The van der Waals surface area contributed by atoms with Gasteiger partial charge in [-0.2, -0.15) is 0 Å². The van der Waals surface area contributed by atoms with Gasteiger partial charge in [0.25, 0.3) is 0 Å². The van der Waals surface area contributed by atoms with Gasteiger partial charge in [-0.25, -0.2) is 0 Å². The van der Waals surface area contributed by atoms with Crippen LogP contribution in [0, 0.1) is 5.92 Å². The molecule has 0 saturated carbocycles. The van der Waals surface area contributed by atoms with Crippen LogP contribution in [0.1, 0.15) is 19.8 Å². The van der Waals surface area contributed by atoms with Crippen LogP contribution >= 0.6 is 7.55 Å². The highest BCUT2D eigenvalue weighted by atomic mass is 31.1. The van der Waals surface area contributed by atoms with Crippen molar-refractivity contribution >= 4 is 19.6 Å². The average molecular weight is 228 g/mol. The van der Waals surface area contributed by atoms with Crippen LogP contribution in [0.3, 0.4) is 0 Å². The van der Waals surface area contributed by atoms with Crippen molar-refractivity contribution in [2.24, 2.45) is 5.92 Å². The molecule has 3 heteroatoms. The van der Waals surface area contributed by atoms with Gasteiger partial charge in [-0.05, 0) is 31.0 Å². The summed E-state index contributed by atoms with van der Waals surface area (Å²) in [6, 6.07) is 0. The van der Waals surface area contributed by atoms with Crippen molar-refractivity contribution < 1.29 is 9.53 Å². The summed E-state index contributed by atoms with van der Waals surface area (Å²) < 4.78 is 5.06. The molecule has 0 aromatic rings. The number of allylic oxidation sites excluding steroid dienone is 2. The predicted octanol–water partition coefficient (Wildman–Crippen LogP) is 2.20. The third kappa shape index (κ3) is 5.34. The van der Waals surface area contributed by atoms with Crippen molar-refractivity contribution in [2.75, 3.05) is 19.9 Å². The van der Waals surface area contributed by atoms with Crippen molar-refractivity contribution in [3.63, 3.8) is 0 Å². The quantitative estimate of drug-likeness (QED) is 0.361. The Kier molecular flexibility index (Phi) is 5.97. The topological polar surface area (TPSA) is 26.3 Å². The standard InChI is InChI=1S/C12H21O2P/c1-11(5-8-14-2)6-9-15-10-12(15)4-3-7-13/h3-4,7,10-12,15H,5-6,8-9H2,1-2H3/b4-3+. The lowest BCUT2D eigenvalue weighted by molar-refractivity contribution is -0.104. The van der Waals surface area contributed by atoms with E-state index in [0.29, 0.717) is 5.66 Å². The minimum absolute atomic E-state index is 0.227. The van der Waals surface area contributed by atoms with Gasteiger partial charge in [0, 0.05) is 19.4 Å². The molecule has 0 aromatic carbocycles. The highest BCUT2D eigenvalue weighted by Gasteiger charge is 2.19. The Morgan fingerprint density at radius 1 is 1.53 bits per heavy atom. The molecular formula is C12H21O2P. The van der Waals surface area contributed by atoms with E-state index < -0.39 is 0 Å². The summed E-state index contributed by atoms with van der Waals surface area (Å²) in [6.45, 7) is 3.17. The van der Waals surface area contributed by atoms with Gasteiger partial charge in [0.1, 0.15) is 6.29 Å². The molecule has 1 rings (SSSR count). The van der Waals surface area contributed by atoms with Crippen LogP contribution in [-0.4, -0.2) is 37.6 Å². The molecule has 0 N–H and O–H groups in total. The summed E-state index contributed by atoms with van der Waals surface area (Å²) in [6.07, 6.45) is 8.37. The first kappa shape index (κ1) is 12.7. The monoisotopic (exact) mass is 228 g/mol. The number of hydrogen-bond acceptors (Lipinski definition) is 2. The molecule has 1 aliphatic rings. The van der Waals surface area contributed by atoms with Crippen molar-refractivity contribution in [1.29, 1.82) is 0 Å². The number of carbonyl (C=O) groups excluding carboxylic acids is 1. The number of methoxy groups -OCH3 is 1. The second kappa shape index (κ2) is 7.03. The number of aldehydes is 1. The van der Waals surface area contributed by atoms with E-state index in [9.17, 15) is 4.79 Å². The largest absolute Gasteiger partial charge is 0.385 e. The van der Waals surface area contributed by atoms with Gasteiger partial charge in [-0.1, -0.05) is 18.8 Å². The number of hydrogen-bond donors (Lipinski definition) is 0. The van der Waals surface area contributed by atoms with Gasteiger partial charge in [0.05, 0.1) is 0 Å². The van der Waals surface area contributed by atoms with Crippen LogP contribution in [0.2, 0.25) is 0 Å². The Hall–Kier alpha value is -0.330. The maximum Gasteiger partial charge on any atom is 0.142 e. The molecule has 3 unspecified atom stereocenters. The molecule has 0 amide bonds. The van der Waals surface area contributed by atoms with E-state index in [1.165, 1.54) is 19.0 Å². The molecule has 2 nitrogen and oxygen atoms in total. The smallest absolute Gasteiger partial charge is 0.142 e. The minimum atomic E-state index is -0.227. The van der Waals surface area contributed by atoms with Crippen LogP contribution < -0.4 is 0 Å². The van der Waals surface area contributed by atoms with Crippen LogP contribution in [0.4, 0.5) is 0 Å². The summed E-state index contributed by atoms with van der Waals surface area (Å²) in [5.74, 6) is 3.18. The lowest BCUT2D eigenvalue weighted by Crippen LogP contribution is -2.00. The lowest BCUT2D eigenvalue weighted by Gasteiger charge is -2.09. The van der Waals surface area contributed by atoms with Crippen LogP contribution in [-0.2, 0) is 9.53 Å². The first-order valence-electron chi connectivity index (χ1n) is 5.59. The van der Waals surface area contributed by atoms with Gasteiger partial charge in [0.2, 0.25) is 0 Å². The Morgan fingerprint density at radius 3 is 3.00 bits per heavy atom. The summed E-state index contributed by atoms with van der Waals surface area (Å²) >= 11 is 0. The number of ether oxygens (including phenoxy) is 1. The molecule has 0 aliphatic carbocycles. The van der Waals surface area contributed by atoms with E-state index in [2.05, 4.69) is 12.7 Å². The molecule has 0 aromatic heterocycles. The molecule has 3 atom stereocenters. The second-order valence-electron chi connectivity index (χ2n) is 4.21. The Labute approximate surface area is 93.1 Å². The highest BCUT2D eigenvalue weighted by molar-refractivity contribution is 7.69. The van der Waals surface area contributed by atoms with Gasteiger partial charge in [-0.3, -0.25) is 4.79 Å². The molecular weight excluding hydrogens is 207 g/mol. The summed E-state index contributed by atoms with van der Waals surface area (Å²) in [5.41, 5.74) is 0.662. The number of rotatable bonds is 8. The first-order valence-corrected chi connectivity index (χ1v) is 7.45. The minimum Gasteiger partial charge on any atom is -0.385 e. The molecule has 1 heterocycles. The molecule has 0 fully saturated rings. The van der Waals surface area contributed by atoms with Crippen LogP contribution in [0.25, 0.3) is 0 Å². The summed E-state index contributed by atoms with van der Waals surface area (Å²) in [7, 11) is 1.53.